The second-order valence-corrected chi connectivity index (χ2v) is 5.70. The topological polar surface area (TPSA) is 59.8 Å². The van der Waals surface area contributed by atoms with Crippen LogP contribution in [-0.2, 0) is 17.5 Å². The molecule has 1 amide bonds. The maximum Gasteiger partial charge on any atom is 0.416 e. The molecule has 1 heterocycles. The molecule has 0 radical (unpaired) electrons. The summed E-state index contributed by atoms with van der Waals surface area (Å²) in [4.78, 5) is 16.0. The van der Waals surface area contributed by atoms with Crippen LogP contribution in [0.3, 0.4) is 0 Å². The third-order valence-corrected chi connectivity index (χ3v) is 3.72. The molecular formula is C19H15F3N4O. The Morgan fingerprint density at radius 3 is 2.70 bits per heavy atom. The lowest BCUT2D eigenvalue weighted by Crippen LogP contribution is -2.11. The average molecular weight is 372 g/mol. The molecule has 1 N–H and O–H groups in total. The number of nitrogens with zero attached hydrogens (tertiary/aromatic N) is 3. The number of amides is 1. The Kier molecular flexibility index (Phi) is 5.35. The largest absolute Gasteiger partial charge is 0.416 e. The van der Waals surface area contributed by atoms with E-state index in [2.05, 4.69) is 15.4 Å². The molecule has 0 bridgehead atoms. The molecule has 27 heavy (non-hydrogen) atoms. The fourth-order valence-electron chi connectivity index (χ4n) is 2.43. The summed E-state index contributed by atoms with van der Waals surface area (Å²) < 4.78 is 39.8. The molecule has 3 rings (SSSR count). The number of para-hydroxylation sites is 1. The Balaban J connectivity index is 1.70. The van der Waals surface area contributed by atoms with Gasteiger partial charge in [-0.2, -0.15) is 18.3 Å². The van der Waals surface area contributed by atoms with Gasteiger partial charge in [-0.15, -0.1) is 0 Å². The SMILES string of the molecule is O=C(/C=C/c1cccc(C(F)(F)F)c1)Nc1ccccc1Cn1cncn1. The van der Waals surface area contributed by atoms with Crippen LogP contribution in [0.15, 0.2) is 67.3 Å². The molecule has 0 unspecified atom stereocenters. The number of rotatable bonds is 5. The molecule has 8 heteroatoms. The molecule has 5 nitrogen and oxygen atoms in total. The lowest BCUT2D eigenvalue weighted by atomic mass is 10.1. The van der Waals surface area contributed by atoms with Crippen LogP contribution in [0, 0.1) is 0 Å². The minimum atomic E-state index is -4.42. The summed E-state index contributed by atoms with van der Waals surface area (Å²) in [6.07, 6.45) is 1.09. The van der Waals surface area contributed by atoms with Crippen molar-refractivity contribution in [1.29, 1.82) is 0 Å². The second-order valence-electron chi connectivity index (χ2n) is 5.70. The van der Waals surface area contributed by atoms with Gasteiger partial charge in [0, 0.05) is 11.8 Å². The normalized spacial score (nSPS) is 11.7. The van der Waals surface area contributed by atoms with Gasteiger partial charge in [0.05, 0.1) is 12.1 Å². The van der Waals surface area contributed by atoms with E-state index in [1.54, 1.807) is 23.1 Å². The van der Waals surface area contributed by atoms with Crippen LogP contribution in [0.5, 0.6) is 0 Å². The van der Waals surface area contributed by atoms with E-state index in [-0.39, 0.29) is 5.56 Å². The molecule has 0 aliphatic rings. The van der Waals surface area contributed by atoms with Crippen LogP contribution < -0.4 is 5.32 Å². The Labute approximate surface area is 153 Å². The summed E-state index contributed by atoms with van der Waals surface area (Å²) in [5.74, 6) is -0.446. The highest BCUT2D eigenvalue weighted by Gasteiger charge is 2.30. The first-order valence-electron chi connectivity index (χ1n) is 7.98. The smallest absolute Gasteiger partial charge is 0.322 e. The van der Waals surface area contributed by atoms with E-state index >= 15 is 0 Å². The maximum atomic E-state index is 12.7. The molecule has 0 aliphatic carbocycles. The number of hydrogen-bond acceptors (Lipinski definition) is 3. The number of carbonyl (C=O) groups is 1. The van der Waals surface area contributed by atoms with Crippen LogP contribution >= 0.6 is 0 Å². The Bertz CT molecular complexity index is 950. The summed E-state index contributed by atoms with van der Waals surface area (Å²) in [6, 6.07) is 12.0. The second kappa shape index (κ2) is 7.86. The molecule has 0 aliphatic heterocycles. The molecule has 0 saturated carbocycles. The van der Waals surface area contributed by atoms with Crippen molar-refractivity contribution in [1.82, 2.24) is 14.8 Å². The van der Waals surface area contributed by atoms with Gasteiger partial charge in [0.1, 0.15) is 12.7 Å². The molecule has 1 aromatic heterocycles. The quantitative estimate of drug-likeness (QED) is 0.689. The van der Waals surface area contributed by atoms with Crippen molar-refractivity contribution in [3.05, 3.63) is 84.0 Å². The van der Waals surface area contributed by atoms with E-state index in [4.69, 9.17) is 0 Å². The van der Waals surface area contributed by atoms with Gasteiger partial charge in [0.2, 0.25) is 5.91 Å². The third kappa shape index (κ3) is 5.04. The Morgan fingerprint density at radius 1 is 1.15 bits per heavy atom. The summed E-state index contributed by atoms with van der Waals surface area (Å²) >= 11 is 0. The van der Waals surface area contributed by atoms with Crippen molar-refractivity contribution in [3.63, 3.8) is 0 Å². The van der Waals surface area contributed by atoms with Crippen LogP contribution in [0.2, 0.25) is 0 Å². The predicted molar refractivity (Wildman–Crippen MR) is 94.7 cm³/mol. The van der Waals surface area contributed by atoms with Crippen LogP contribution in [0.4, 0.5) is 18.9 Å². The highest BCUT2D eigenvalue weighted by atomic mass is 19.4. The summed E-state index contributed by atoms with van der Waals surface area (Å²) in [6.45, 7) is 0.424. The van der Waals surface area contributed by atoms with Gasteiger partial charge < -0.3 is 5.32 Å². The standard InChI is InChI=1S/C19H15F3N4O/c20-19(21,22)16-6-3-4-14(10-16)8-9-18(27)25-17-7-2-1-5-15(17)11-26-13-23-12-24-26/h1-10,12-13H,11H2,(H,25,27)/b9-8+. The van der Waals surface area contributed by atoms with E-state index in [9.17, 15) is 18.0 Å². The molecule has 0 fully saturated rings. The number of hydrogen-bond donors (Lipinski definition) is 1. The van der Waals surface area contributed by atoms with Crippen LogP contribution in [-0.4, -0.2) is 20.7 Å². The fraction of sp³-hybridized carbons (Fsp3) is 0.105. The molecule has 0 spiro atoms. The number of benzene rings is 2. The van der Waals surface area contributed by atoms with Crippen LogP contribution in [0.1, 0.15) is 16.7 Å². The molecule has 2 aromatic carbocycles. The number of aromatic nitrogens is 3. The summed E-state index contributed by atoms with van der Waals surface area (Å²) in [5, 5.41) is 6.75. The first-order valence-corrected chi connectivity index (χ1v) is 7.98. The first kappa shape index (κ1) is 18.4. The highest BCUT2D eigenvalue weighted by molar-refractivity contribution is 6.02. The number of alkyl halides is 3. The number of nitrogens with one attached hydrogen (secondary N) is 1. The van der Waals surface area contributed by atoms with E-state index in [1.807, 2.05) is 12.1 Å². The maximum absolute atomic E-state index is 12.7. The zero-order valence-electron chi connectivity index (χ0n) is 14.0. The third-order valence-electron chi connectivity index (χ3n) is 3.72. The van der Waals surface area contributed by atoms with Gasteiger partial charge in [-0.05, 0) is 35.4 Å². The minimum absolute atomic E-state index is 0.288. The van der Waals surface area contributed by atoms with E-state index in [0.717, 1.165) is 17.7 Å². The summed E-state index contributed by atoms with van der Waals surface area (Å²) in [7, 11) is 0. The van der Waals surface area contributed by atoms with Crippen molar-refractivity contribution in [3.8, 4) is 0 Å². The van der Waals surface area contributed by atoms with Gasteiger partial charge in [-0.25, -0.2) is 9.67 Å². The zero-order chi connectivity index (χ0) is 19.3. The lowest BCUT2D eigenvalue weighted by molar-refractivity contribution is -0.137. The van der Waals surface area contributed by atoms with Gasteiger partial charge >= 0.3 is 6.18 Å². The number of carbonyl (C=O) groups excluding carboxylic acids is 1. The van der Waals surface area contributed by atoms with Gasteiger partial charge in [0.25, 0.3) is 0 Å². The predicted octanol–water partition coefficient (Wildman–Crippen LogP) is 4.00. The zero-order valence-corrected chi connectivity index (χ0v) is 14.0. The van der Waals surface area contributed by atoms with Gasteiger partial charge in [-0.3, -0.25) is 4.79 Å². The molecule has 0 atom stereocenters. The number of halogens is 3. The Hall–Kier alpha value is -3.42. The minimum Gasteiger partial charge on any atom is -0.322 e. The van der Waals surface area contributed by atoms with Gasteiger partial charge in [-0.1, -0.05) is 30.3 Å². The van der Waals surface area contributed by atoms with Crippen molar-refractivity contribution < 1.29 is 18.0 Å². The molecule has 138 valence electrons. The van der Waals surface area contributed by atoms with Crippen molar-refractivity contribution in [2.45, 2.75) is 12.7 Å². The van der Waals surface area contributed by atoms with E-state index in [0.29, 0.717) is 12.2 Å². The summed E-state index contributed by atoms with van der Waals surface area (Å²) in [5.41, 5.74) is 0.939. The van der Waals surface area contributed by atoms with Gasteiger partial charge in [0.15, 0.2) is 0 Å². The van der Waals surface area contributed by atoms with Crippen molar-refractivity contribution in [2.75, 3.05) is 5.32 Å². The highest BCUT2D eigenvalue weighted by Crippen LogP contribution is 2.29. The molecule has 0 saturated heterocycles. The number of anilines is 1. The van der Waals surface area contributed by atoms with Crippen molar-refractivity contribution >= 4 is 17.7 Å². The average Bonchev–Trinajstić information content (AvgIpc) is 3.14. The van der Waals surface area contributed by atoms with Crippen LogP contribution in [0.25, 0.3) is 6.08 Å². The Morgan fingerprint density at radius 2 is 1.96 bits per heavy atom. The van der Waals surface area contributed by atoms with E-state index < -0.39 is 17.6 Å². The van der Waals surface area contributed by atoms with E-state index in [1.165, 1.54) is 30.6 Å². The molecule has 3 aromatic rings. The lowest BCUT2D eigenvalue weighted by Gasteiger charge is -2.09. The molecular weight excluding hydrogens is 357 g/mol. The monoisotopic (exact) mass is 372 g/mol. The fourth-order valence-corrected chi connectivity index (χ4v) is 2.43. The first-order chi connectivity index (χ1) is 12.9. The van der Waals surface area contributed by atoms with Crippen molar-refractivity contribution in [2.24, 2.45) is 0 Å².